The monoisotopic (exact) mass is 220 g/mol. The molecule has 0 unspecified atom stereocenters. The summed E-state index contributed by atoms with van der Waals surface area (Å²) >= 11 is 0. The number of rotatable bonds is 0. The normalized spacial score (nSPS) is 10.5. The highest BCUT2D eigenvalue weighted by atomic mass is 16.1. The SMILES string of the molecule is N#Cc1ccc2ccn3cccc3c(=O)c2c1. The number of hydrogen-bond donors (Lipinski definition) is 0. The van der Waals surface area contributed by atoms with Crippen LogP contribution in [0.3, 0.4) is 0 Å². The molecule has 0 fully saturated rings. The van der Waals surface area contributed by atoms with Crippen molar-refractivity contribution < 1.29 is 0 Å². The van der Waals surface area contributed by atoms with Gasteiger partial charge in [-0.3, -0.25) is 4.79 Å². The average molecular weight is 220 g/mol. The quantitative estimate of drug-likeness (QED) is 0.583. The summed E-state index contributed by atoms with van der Waals surface area (Å²) in [6, 6.07) is 12.7. The van der Waals surface area contributed by atoms with Gasteiger partial charge in [0.1, 0.15) is 0 Å². The van der Waals surface area contributed by atoms with Gasteiger partial charge in [-0.1, -0.05) is 6.07 Å². The molecule has 0 radical (unpaired) electrons. The molecule has 1 aromatic carbocycles. The van der Waals surface area contributed by atoms with Gasteiger partial charge in [-0.05, 0) is 35.7 Å². The molecule has 0 spiro atoms. The van der Waals surface area contributed by atoms with E-state index in [1.165, 1.54) is 0 Å². The number of nitriles is 1. The Bertz CT molecular complexity index is 825. The van der Waals surface area contributed by atoms with Gasteiger partial charge in [0.25, 0.3) is 0 Å². The van der Waals surface area contributed by atoms with Crippen molar-refractivity contribution in [3.63, 3.8) is 0 Å². The highest BCUT2D eigenvalue weighted by Gasteiger charge is 2.02. The van der Waals surface area contributed by atoms with Gasteiger partial charge in [-0.25, -0.2) is 0 Å². The molecule has 3 nitrogen and oxygen atoms in total. The zero-order chi connectivity index (χ0) is 11.8. The molecule has 0 saturated heterocycles. The minimum atomic E-state index is -0.0490. The van der Waals surface area contributed by atoms with Crippen molar-refractivity contribution in [3.05, 3.63) is 64.6 Å². The maximum Gasteiger partial charge on any atom is 0.210 e. The number of fused-ring (bicyclic) bond motifs is 2. The fourth-order valence-electron chi connectivity index (χ4n) is 1.98. The lowest BCUT2D eigenvalue weighted by Gasteiger charge is -1.91. The third-order valence-electron chi connectivity index (χ3n) is 2.85. The lowest BCUT2D eigenvalue weighted by molar-refractivity contribution is 1.21. The largest absolute Gasteiger partial charge is 0.320 e. The van der Waals surface area contributed by atoms with Crippen LogP contribution in [0.5, 0.6) is 0 Å². The standard InChI is InChI=1S/C14H8N2O/c15-9-10-3-4-11-5-7-16-6-1-2-13(16)14(17)12(11)8-10/h1-8H. The van der Waals surface area contributed by atoms with E-state index >= 15 is 0 Å². The second-order valence-electron chi connectivity index (χ2n) is 3.86. The third kappa shape index (κ3) is 1.39. The Morgan fingerprint density at radius 3 is 2.82 bits per heavy atom. The zero-order valence-corrected chi connectivity index (χ0v) is 8.92. The smallest absolute Gasteiger partial charge is 0.210 e. The maximum absolute atomic E-state index is 12.3. The van der Waals surface area contributed by atoms with Crippen LogP contribution in [0.4, 0.5) is 0 Å². The summed E-state index contributed by atoms with van der Waals surface area (Å²) in [5.74, 6) is 0. The van der Waals surface area contributed by atoms with Gasteiger partial charge in [0, 0.05) is 17.8 Å². The first kappa shape index (κ1) is 9.61. The first-order valence-electron chi connectivity index (χ1n) is 5.23. The zero-order valence-electron chi connectivity index (χ0n) is 8.92. The molecule has 3 aromatic rings. The van der Waals surface area contributed by atoms with E-state index in [1.807, 2.05) is 24.5 Å². The summed E-state index contributed by atoms with van der Waals surface area (Å²) in [5, 5.41) is 10.3. The Balaban J connectivity index is 2.61. The molecule has 0 bridgehead atoms. The van der Waals surface area contributed by atoms with Gasteiger partial charge < -0.3 is 4.40 Å². The Morgan fingerprint density at radius 2 is 2.00 bits per heavy atom. The van der Waals surface area contributed by atoms with E-state index in [-0.39, 0.29) is 5.43 Å². The number of nitrogens with zero attached hydrogens (tertiary/aromatic N) is 2. The van der Waals surface area contributed by atoms with Gasteiger partial charge >= 0.3 is 0 Å². The molecule has 0 N–H and O–H groups in total. The van der Waals surface area contributed by atoms with E-state index in [4.69, 9.17) is 5.26 Å². The molecular weight excluding hydrogens is 212 g/mol. The minimum Gasteiger partial charge on any atom is -0.320 e. The summed E-state index contributed by atoms with van der Waals surface area (Å²) in [7, 11) is 0. The van der Waals surface area contributed by atoms with Crippen molar-refractivity contribution in [3.8, 4) is 6.07 Å². The average Bonchev–Trinajstić information content (AvgIpc) is 2.79. The Hall–Kier alpha value is -2.60. The van der Waals surface area contributed by atoms with Crippen LogP contribution in [0.15, 0.2) is 53.6 Å². The van der Waals surface area contributed by atoms with Crippen LogP contribution in [-0.4, -0.2) is 4.40 Å². The predicted octanol–water partition coefficient (Wildman–Crippen LogP) is 2.32. The van der Waals surface area contributed by atoms with Crippen molar-refractivity contribution >= 4 is 16.3 Å². The Labute approximate surface area is 97.2 Å². The molecular formula is C14H8N2O. The predicted molar refractivity (Wildman–Crippen MR) is 65.9 cm³/mol. The molecule has 3 heteroatoms. The molecule has 0 amide bonds. The van der Waals surface area contributed by atoms with Gasteiger partial charge in [-0.2, -0.15) is 5.26 Å². The topological polar surface area (TPSA) is 45.3 Å². The summed E-state index contributed by atoms with van der Waals surface area (Å²) < 4.78 is 1.79. The van der Waals surface area contributed by atoms with Gasteiger partial charge in [-0.15, -0.1) is 0 Å². The van der Waals surface area contributed by atoms with E-state index in [2.05, 4.69) is 6.07 Å². The molecule has 3 rings (SSSR count). The molecule has 17 heavy (non-hydrogen) atoms. The molecule has 0 saturated carbocycles. The maximum atomic E-state index is 12.3. The molecule has 0 aliphatic carbocycles. The first-order chi connectivity index (χ1) is 8.29. The number of aromatic nitrogens is 1. The van der Waals surface area contributed by atoms with Crippen molar-refractivity contribution in [2.45, 2.75) is 0 Å². The van der Waals surface area contributed by atoms with Crippen molar-refractivity contribution in [1.29, 1.82) is 5.26 Å². The fourth-order valence-corrected chi connectivity index (χ4v) is 1.98. The van der Waals surface area contributed by atoms with Crippen LogP contribution in [0, 0.1) is 11.3 Å². The lowest BCUT2D eigenvalue weighted by atomic mass is 10.1. The fraction of sp³-hybridized carbons (Fsp3) is 0. The highest BCUT2D eigenvalue weighted by Crippen LogP contribution is 2.12. The van der Waals surface area contributed by atoms with E-state index in [1.54, 1.807) is 28.7 Å². The summed E-state index contributed by atoms with van der Waals surface area (Å²) in [6.07, 6.45) is 3.69. The van der Waals surface area contributed by atoms with E-state index in [0.29, 0.717) is 16.5 Å². The van der Waals surface area contributed by atoms with Crippen LogP contribution in [0.2, 0.25) is 0 Å². The van der Waals surface area contributed by atoms with Crippen molar-refractivity contribution in [1.82, 2.24) is 4.40 Å². The Morgan fingerprint density at radius 1 is 1.12 bits per heavy atom. The van der Waals surface area contributed by atoms with Crippen molar-refractivity contribution in [2.24, 2.45) is 0 Å². The van der Waals surface area contributed by atoms with Crippen LogP contribution >= 0.6 is 0 Å². The summed E-state index contributed by atoms with van der Waals surface area (Å²) in [4.78, 5) is 12.3. The lowest BCUT2D eigenvalue weighted by Crippen LogP contribution is -1.99. The molecule has 80 valence electrons. The minimum absolute atomic E-state index is 0.0490. The molecule has 2 aromatic heterocycles. The van der Waals surface area contributed by atoms with Crippen LogP contribution in [-0.2, 0) is 0 Å². The van der Waals surface area contributed by atoms with Gasteiger partial charge in [0.05, 0.1) is 17.1 Å². The first-order valence-corrected chi connectivity index (χ1v) is 5.23. The van der Waals surface area contributed by atoms with Crippen LogP contribution in [0.25, 0.3) is 16.3 Å². The Kier molecular flexibility index (Phi) is 1.96. The van der Waals surface area contributed by atoms with Crippen molar-refractivity contribution in [2.75, 3.05) is 0 Å². The number of hydrogen-bond acceptors (Lipinski definition) is 2. The van der Waals surface area contributed by atoms with Gasteiger partial charge in [0.15, 0.2) is 0 Å². The molecule has 0 atom stereocenters. The van der Waals surface area contributed by atoms with E-state index in [9.17, 15) is 4.79 Å². The molecule has 2 heterocycles. The number of benzene rings is 1. The van der Waals surface area contributed by atoms with Crippen LogP contribution < -0.4 is 5.43 Å². The highest BCUT2D eigenvalue weighted by molar-refractivity contribution is 5.85. The molecule has 0 aliphatic heterocycles. The van der Waals surface area contributed by atoms with Crippen LogP contribution in [0.1, 0.15) is 5.56 Å². The second-order valence-corrected chi connectivity index (χ2v) is 3.86. The summed E-state index contributed by atoms with van der Waals surface area (Å²) in [6.45, 7) is 0. The third-order valence-corrected chi connectivity index (χ3v) is 2.85. The summed E-state index contributed by atoms with van der Waals surface area (Å²) in [5.41, 5.74) is 1.08. The van der Waals surface area contributed by atoms with E-state index in [0.717, 1.165) is 5.39 Å². The van der Waals surface area contributed by atoms with Gasteiger partial charge in [0.2, 0.25) is 5.43 Å². The van der Waals surface area contributed by atoms with E-state index < -0.39 is 0 Å². The molecule has 0 aliphatic rings. The second kappa shape index (κ2) is 3.46.